The van der Waals surface area contributed by atoms with E-state index in [1.165, 1.54) is 4.88 Å². The van der Waals surface area contributed by atoms with Gasteiger partial charge in [-0.15, -0.1) is 11.3 Å². The van der Waals surface area contributed by atoms with Crippen molar-refractivity contribution in [2.24, 2.45) is 13.0 Å². The molecule has 1 saturated heterocycles. The van der Waals surface area contributed by atoms with E-state index in [9.17, 15) is 4.79 Å². The molecule has 130 valence electrons. The Hall–Kier alpha value is -2.02. The molecule has 1 aliphatic heterocycles. The predicted molar refractivity (Wildman–Crippen MR) is 97.5 cm³/mol. The number of urea groups is 1. The van der Waals surface area contributed by atoms with E-state index in [2.05, 4.69) is 45.1 Å². The van der Waals surface area contributed by atoms with Gasteiger partial charge in [0.2, 0.25) is 0 Å². The van der Waals surface area contributed by atoms with E-state index in [1.807, 2.05) is 19.4 Å². The summed E-state index contributed by atoms with van der Waals surface area (Å²) in [5.41, 5.74) is 1.12. The number of hydrogen-bond acceptors (Lipinski definition) is 4. The average molecular weight is 347 g/mol. The lowest BCUT2D eigenvalue weighted by atomic mass is 10.1. The van der Waals surface area contributed by atoms with Gasteiger partial charge >= 0.3 is 6.03 Å². The lowest BCUT2D eigenvalue weighted by Gasteiger charge is -2.18. The average Bonchev–Trinajstić information content (AvgIpc) is 3.27. The standard InChI is InChI=1S/C17H25N5OS/c1-13(8-16-4-3-7-24-16)9-18-17(23)20-14-5-6-22(11-14)15-10-19-21(2)12-15/h3-4,7,10,12-14H,5-6,8-9,11H2,1-2H3,(H2,18,20,23)/t13-,14+/m1/s1. The highest BCUT2D eigenvalue weighted by atomic mass is 32.1. The Morgan fingerprint density at radius 1 is 1.54 bits per heavy atom. The summed E-state index contributed by atoms with van der Waals surface area (Å²) in [5.74, 6) is 0.435. The summed E-state index contributed by atoms with van der Waals surface area (Å²) in [6.45, 7) is 4.65. The first-order valence-corrected chi connectivity index (χ1v) is 9.28. The van der Waals surface area contributed by atoms with Gasteiger partial charge in [-0.3, -0.25) is 4.68 Å². The normalized spacial score (nSPS) is 18.6. The van der Waals surface area contributed by atoms with E-state index in [1.54, 1.807) is 16.0 Å². The number of carbonyl (C=O) groups excluding carboxylic acids is 1. The van der Waals surface area contributed by atoms with E-state index in [0.717, 1.165) is 31.6 Å². The van der Waals surface area contributed by atoms with E-state index in [0.29, 0.717) is 12.5 Å². The van der Waals surface area contributed by atoms with Gasteiger partial charge in [0.25, 0.3) is 0 Å². The molecule has 0 bridgehead atoms. The number of rotatable bonds is 6. The minimum atomic E-state index is -0.0638. The van der Waals surface area contributed by atoms with Gasteiger partial charge in [0.15, 0.2) is 0 Å². The van der Waals surface area contributed by atoms with Crippen LogP contribution in [0.25, 0.3) is 0 Å². The summed E-state index contributed by atoms with van der Waals surface area (Å²) in [6.07, 6.45) is 5.85. The van der Waals surface area contributed by atoms with Crippen molar-refractivity contribution < 1.29 is 4.79 Å². The lowest BCUT2D eigenvalue weighted by Crippen LogP contribution is -2.44. The van der Waals surface area contributed by atoms with Crippen LogP contribution in [-0.2, 0) is 13.5 Å². The van der Waals surface area contributed by atoms with Crippen LogP contribution in [0.1, 0.15) is 18.2 Å². The van der Waals surface area contributed by atoms with Gasteiger partial charge in [-0.2, -0.15) is 5.10 Å². The molecule has 2 N–H and O–H groups in total. The molecule has 0 unspecified atom stereocenters. The molecular formula is C17H25N5OS. The number of amides is 2. The Labute approximate surface area is 146 Å². The Kier molecular flexibility index (Phi) is 5.40. The summed E-state index contributed by atoms with van der Waals surface area (Å²) in [7, 11) is 1.92. The first-order chi connectivity index (χ1) is 11.6. The number of carbonyl (C=O) groups is 1. The van der Waals surface area contributed by atoms with Crippen molar-refractivity contribution in [1.29, 1.82) is 0 Å². The van der Waals surface area contributed by atoms with Crippen LogP contribution in [0.15, 0.2) is 29.9 Å². The zero-order chi connectivity index (χ0) is 16.9. The number of nitrogens with one attached hydrogen (secondary N) is 2. The molecule has 6 nitrogen and oxygen atoms in total. The second kappa shape index (κ2) is 7.70. The number of nitrogens with zero attached hydrogens (tertiary/aromatic N) is 3. The summed E-state index contributed by atoms with van der Waals surface area (Å²) < 4.78 is 1.80. The molecule has 2 aromatic heterocycles. The van der Waals surface area contributed by atoms with Crippen molar-refractivity contribution in [2.75, 3.05) is 24.5 Å². The molecule has 3 heterocycles. The Morgan fingerprint density at radius 3 is 3.12 bits per heavy atom. The number of aromatic nitrogens is 2. The van der Waals surface area contributed by atoms with Crippen LogP contribution in [-0.4, -0.2) is 41.5 Å². The van der Waals surface area contributed by atoms with Crippen LogP contribution in [0.2, 0.25) is 0 Å². The molecule has 1 aliphatic rings. The van der Waals surface area contributed by atoms with Crippen molar-refractivity contribution in [3.63, 3.8) is 0 Å². The molecule has 3 rings (SSSR count). The molecule has 2 atom stereocenters. The van der Waals surface area contributed by atoms with Crippen molar-refractivity contribution in [1.82, 2.24) is 20.4 Å². The van der Waals surface area contributed by atoms with Gasteiger partial charge in [0, 0.05) is 43.8 Å². The first kappa shape index (κ1) is 16.8. The molecule has 2 aromatic rings. The fourth-order valence-corrected chi connectivity index (χ4v) is 3.90. The summed E-state index contributed by atoms with van der Waals surface area (Å²) in [6, 6.07) is 4.34. The van der Waals surface area contributed by atoms with Gasteiger partial charge < -0.3 is 15.5 Å². The van der Waals surface area contributed by atoms with Gasteiger partial charge in [-0.25, -0.2) is 4.79 Å². The van der Waals surface area contributed by atoms with Crippen LogP contribution in [0.3, 0.4) is 0 Å². The van der Waals surface area contributed by atoms with Crippen LogP contribution < -0.4 is 15.5 Å². The second-order valence-corrected chi connectivity index (χ2v) is 7.58. The number of aryl methyl sites for hydroxylation is 1. The SMILES string of the molecule is C[C@@H](CNC(=O)N[C@H]1CCN(c2cnn(C)c2)C1)Cc1cccs1. The van der Waals surface area contributed by atoms with Gasteiger partial charge in [0.05, 0.1) is 11.9 Å². The largest absolute Gasteiger partial charge is 0.367 e. The molecule has 0 aliphatic carbocycles. The fourth-order valence-electron chi connectivity index (χ4n) is 3.03. The summed E-state index contributed by atoms with van der Waals surface area (Å²) >= 11 is 1.77. The highest BCUT2D eigenvalue weighted by molar-refractivity contribution is 7.09. The smallest absolute Gasteiger partial charge is 0.315 e. The number of hydrogen-bond donors (Lipinski definition) is 2. The Balaban J connectivity index is 1.38. The molecule has 24 heavy (non-hydrogen) atoms. The molecule has 0 saturated carbocycles. The highest BCUT2D eigenvalue weighted by Gasteiger charge is 2.24. The minimum Gasteiger partial charge on any atom is -0.367 e. The topological polar surface area (TPSA) is 62.2 Å². The van der Waals surface area contributed by atoms with Gasteiger partial charge in [-0.1, -0.05) is 13.0 Å². The maximum atomic E-state index is 12.1. The quantitative estimate of drug-likeness (QED) is 0.842. The van der Waals surface area contributed by atoms with Crippen LogP contribution >= 0.6 is 11.3 Å². The number of anilines is 1. The van der Waals surface area contributed by atoms with E-state index in [4.69, 9.17) is 0 Å². The van der Waals surface area contributed by atoms with Crippen LogP contribution in [0, 0.1) is 5.92 Å². The Morgan fingerprint density at radius 2 is 2.42 bits per heavy atom. The second-order valence-electron chi connectivity index (χ2n) is 6.55. The molecule has 0 spiro atoms. The maximum absolute atomic E-state index is 12.1. The first-order valence-electron chi connectivity index (χ1n) is 8.40. The Bertz CT molecular complexity index is 654. The molecule has 1 fully saturated rings. The van der Waals surface area contributed by atoms with Crippen molar-refractivity contribution >= 4 is 23.1 Å². The van der Waals surface area contributed by atoms with Gasteiger partial charge in [0.1, 0.15) is 0 Å². The van der Waals surface area contributed by atoms with Crippen LogP contribution in [0.5, 0.6) is 0 Å². The molecule has 0 radical (unpaired) electrons. The molecule has 7 heteroatoms. The molecular weight excluding hydrogens is 322 g/mol. The monoisotopic (exact) mass is 347 g/mol. The van der Waals surface area contributed by atoms with Gasteiger partial charge in [-0.05, 0) is 30.2 Å². The highest BCUT2D eigenvalue weighted by Crippen LogP contribution is 2.19. The lowest BCUT2D eigenvalue weighted by molar-refractivity contribution is 0.236. The van der Waals surface area contributed by atoms with E-state index in [-0.39, 0.29) is 12.1 Å². The fraction of sp³-hybridized carbons (Fsp3) is 0.529. The van der Waals surface area contributed by atoms with E-state index < -0.39 is 0 Å². The zero-order valence-corrected chi connectivity index (χ0v) is 15.1. The third-order valence-electron chi connectivity index (χ3n) is 4.32. The third kappa shape index (κ3) is 4.50. The van der Waals surface area contributed by atoms with Crippen molar-refractivity contribution in [3.8, 4) is 0 Å². The molecule has 2 amide bonds. The molecule has 0 aromatic carbocycles. The summed E-state index contributed by atoms with van der Waals surface area (Å²) in [4.78, 5) is 15.7. The number of thiophene rings is 1. The maximum Gasteiger partial charge on any atom is 0.315 e. The third-order valence-corrected chi connectivity index (χ3v) is 5.22. The van der Waals surface area contributed by atoms with E-state index >= 15 is 0 Å². The van der Waals surface area contributed by atoms with Crippen molar-refractivity contribution in [3.05, 3.63) is 34.8 Å². The van der Waals surface area contributed by atoms with Crippen LogP contribution in [0.4, 0.5) is 10.5 Å². The zero-order valence-electron chi connectivity index (χ0n) is 14.2. The minimum absolute atomic E-state index is 0.0638. The predicted octanol–water partition coefficient (Wildman–Crippen LogP) is 2.24. The summed E-state index contributed by atoms with van der Waals surface area (Å²) in [5, 5.41) is 12.4. The van der Waals surface area contributed by atoms with Crippen molar-refractivity contribution in [2.45, 2.75) is 25.8 Å².